The zero-order chi connectivity index (χ0) is 17.9. The number of piperazine rings is 1. The minimum atomic E-state index is 0.0213. The summed E-state index contributed by atoms with van der Waals surface area (Å²) in [4.78, 5) is 21.6. The van der Waals surface area contributed by atoms with Gasteiger partial charge in [0.15, 0.2) is 0 Å². The summed E-state index contributed by atoms with van der Waals surface area (Å²) in [5.74, 6) is 0.0213. The molecule has 1 saturated heterocycles. The molecular weight excluding hydrogens is 346 g/mol. The lowest BCUT2D eigenvalue weighted by Gasteiger charge is -2.33. The summed E-state index contributed by atoms with van der Waals surface area (Å²) in [6.07, 6.45) is 1.84. The number of thiazole rings is 1. The lowest BCUT2D eigenvalue weighted by atomic mass is 10.1. The maximum atomic E-state index is 12.8. The quantitative estimate of drug-likeness (QED) is 0.770. The molecule has 3 heterocycles. The molecule has 0 saturated carbocycles. The summed E-state index contributed by atoms with van der Waals surface area (Å²) in [6.45, 7) is 6.57. The van der Waals surface area contributed by atoms with Crippen LogP contribution in [0, 0.1) is 0 Å². The normalized spacial score (nSPS) is 15.3. The molecule has 0 aliphatic carbocycles. The zero-order valence-electron chi connectivity index (χ0n) is 14.7. The van der Waals surface area contributed by atoms with Crippen molar-refractivity contribution in [1.29, 1.82) is 0 Å². The van der Waals surface area contributed by atoms with E-state index in [-0.39, 0.29) is 5.91 Å². The monoisotopic (exact) mass is 367 g/mol. The zero-order valence-corrected chi connectivity index (χ0v) is 15.5. The van der Waals surface area contributed by atoms with Crippen molar-refractivity contribution in [1.82, 2.24) is 25.0 Å². The Morgan fingerprint density at radius 3 is 2.69 bits per heavy atom. The van der Waals surface area contributed by atoms with Crippen LogP contribution in [0.2, 0.25) is 0 Å². The molecule has 6 nitrogen and oxygen atoms in total. The minimum absolute atomic E-state index is 0.0213. The van der Waals surface area contributed by atoms with E-state index in [0.717, 1.165) is 54.6 Å². The standard InChI is InChI=1S/C19H21N5OS/c1-2-23-8-10-24(11-9-23)19(25)16-13-26-18(21-16)15-12-20-22-17(15)14-6-4-3-5-7-14/h3-7,12-13H,2,8-11H2,1H3,(H,20,22). The van der Waals surface area contributed by atoms with Gasteiger partial charge < -0.3 is 9.80 Å². The fourth-order valence-corrected chi connectivity index (χ4v) is 4.00. The number of amides is 1. The minimum Gasteiger partial charge on any atom is -0.335 e. The fourth-order valence-electron chi connectivity index (χ4n) is 3.19. The van der Waals surface area contributed by atoms with Gasteiger partial charge in [-0.1, -0.05) is 37.3 Å². The Bertz CT molecular complexity index is 880. The summed E-state index contributed by atoms with van der Waals surface area (Å²) in [6, 6.07) is 9.99. The Kier molecular flexibility index (Phi) is 4.81. The molecule has 3 aromatic rings. The molecule has 0 spiro atoms. The van der Waals surface area contributed by atoms with Crippen LogP contribution >= 0.6 is 11.3 Å². The van der Waals surface area contributed by atoms with Crippen molar-refractivity contribution in [2.75, 3.05) is 32.7 Å². The van der Waals surface area contributed by atoms with Gasteiger partial charge in [0.2, 0.25) is 0 Å². The number of likely N-dealkylation sites (N-methyl/N-ethyl adjacent to an activating group) is 1. The van der Waals surface area contributed by atoms with Gasteiger partial charge in [-0.15, -0.1) is 11.3 Å². The SMILES string of the molecule is CCN1CCN(C(=O)c2csc(-c3c[nH]nc3-c3ccccc3)n2)CC1. The predicted octanol–water partition coefficient (Wildman–Crippen LogP) is 2.98. The second-order valence-electron chi connectivity index (χ2n) is 6.28. The molecule has 4 rings (SSSR count). The molecule has 0 unspecified atom stereocenters. The maximum absolute atomic E-state index is 12.8. The van der Waals surface area contributed by atoms with Crippen LogP contribution in [-0.4, -0.2) is 63.6 Å². The largest absolute Gasteiger partial charge is 0.335 e. The Labute approximate surface area is 156 Å². The Morgan fingerprint density at radius 1 is 1.19 bits per heavy atom. The molecule has 1 aromatic carbocycles. The average Bonchev–Trinajstić information content (AvgIpc) is 3.37. The summed E-state index contributed by atoms with van der Waals surface area (Å²) in [5, 5.41) is 9.96. The van der Waals surface area contributed by atoms with E-state index in [0.29, 0.717) is 5.69 Å². The first-order valence-electron chi connectivity index (χ1n) is 8.83. The molecule has 1 aliphatic heterocycles. The predicted molar refractivity (Wildman–Crippen MR) is 103 cm³/mol. The van der Waals surface area contributed by atoms with Crippen LogP contribution in [0.15, 0.2) is 41.9 Å². The first-order valence-corrected chi connectivity index (χ1v) is 9.71. The Balaban J connectivity index is 1.54. The third-order valence-corrected chi connectivity index (χ3v) is 5.62. The molecule has 7 heteroatoms. The van der Waals surface area contributed by atoms with Crippen LogP contribution in [0.25, 0.3) is 21.8 Å². The van der Waals surface area contributed by atoms with E-state index in [9.17, 15) is 4.79 Å². The first kappa shape index (κ1) is 16.9. The van der Waals surface area contributed by atoms with Gasteiger partial charge in [-0.05, 0) is 6.54 Å². The van der Waals surface area contributed by atoms with E-state index in [1.807, 2.05) is 46.8 Å². The van der Waals surface area contributed by atoms with Crippen molar-refractivity contribution in [3.8, 4) is 21.8 Å². The lowest BCUT2D eigenvalue weighted by molar-refractivity contribution is 0.0638. The van der Waals surface area contributed by atoms with Gasteiger partial charge in [0.25, 0.3) is 5.91 Å². The lowest BCUT2D eigenvalue weighted by Crippen LogP contribution is -2.48. The van der Waals surface area contributed by atoms with Gasteiger partial charge in [-0.2, -0.15) is 5.10 Å². The van der Waals surface area contributed by atoms with E-state index < -0.39 is 0 Å². The maximum Gasteiger partial charge on any atom is 0.273 e. The fraction of sp³-hybridized carbons (Fsp3) is 0.316. The van der Waals surface area contributed by atoms with Crippen LogP contribution in [0.4, 0.5) is 0 Å². The third-order valence-electron chi connectivity index (χ3n) is 4.75. The summed E-state index contributed by atoms with van der Waals surface area (Å²) in [7, 11) is 0. The van der Waals surface area contributed by atoms with E-state index >= 15 is 0 Å². The number of benzene rings is 1. The van der Waals surface area contributed by atoms with Crippen molar-refractivity contribution < 1.29 is 4.79 Å². The van der Waals surface area contributed by atoms with Crippen LogP contribution in [0.3, 0.4) is 0 Å². The van der Waals surface area contributed by atoms with Crippen molar-refractivity contribution in [3.05, 3.63) is 47.6 Å². The van der Waals surface area contributed by atoms with Crippen molar-refractivity contribution in [3.63, 3.8) is 0 Å². The number of H-pyrrole nitrogens is 1. The summed E-state index contributed by atoms with van der Waals surface area (Å²) >= 11 is 1.48. The van der Waals surface area contributed by atoms with Gasteiger partial charge in [0.1, 0.15) is 16.4 Å². The highest BCUT2D eigenvalue weighted by Crippen LogP contribution is 2.32. The van der Waals surface area contributed by atoms with E-state index in [1.165, 1.54) is 11.3 Å². The summed E-state index contributed by atoms with van der Waals surface area (Å²) < 4.78 is 0. The number of nitrogens with zero attached hydrogens (tertiary/aromatic N) is 4. The highest BCUT2D eigenvalue weighted by atomic mass is 32.1. The molecule has 1 amide bonds. The van der Waals surface area contributed by atoms with E-state index in [1.54, 1.807) is 0 Å². The molecule has 0 bridgehead atoms. The molecule has 1 aliphatic rings. The van der Waals surface area contributed by atoms with E-state index in [4.69, 9.17) is 0 Å². The molecule has 1 N–H and O–H groups in total. The number of aromatic nitrogens is 3. The molecular formula is C19H21N5OS. The van der Waals surface area contributed by atoms with Crippen LogP contribution < -0.4 is 0 Å². The van der Waals surface area contributed by atoms with Crippen molar-refractivity contribution in [2.24, 2.45) is 0 Å². The number of carbonyl (C=O) groups excluding carboxylic acids is 1. The number of hydrogen-bond donors (Lipinski definition) is 1. The second-order valence-corrected chi connectivity index (χ2v) is 7.14. The Morgan fingerprint density at radius 2 is 1.96 bits per heavy atom. The van der Waals surface area contributed by atoms with Gasteiger partial charge in [-0.3, -0.25) is 9.89 Å². The Hall–Kier alpha value is -2.51. The van der Waals surface area contributed by atoms with Gasteiger partial charge >= 0.3 is 0 Å². The number of hydrogen-bond acceptors (Lipinski definition) is 5. The molecule has 0 radical (unpaired) electrons. The molecule has 134 valence electrons. The number of rotatable bonds is 4. The second kappa shape index (κ2) is 7.39. The smallest absolute Gasteiger partial charge is 0.273 e. The van der Waals surface area contributed by atoms with Gasteiger partial charge in [-0.25, -0.2) is 4.98 Å². The molecule has 26 heavy (non-hydrogen) atoms. The number of carbonyl (C=O) groups is 1. The van der Waals surface area contributed by atoms with Crippen molar-refractivity contribution >= 4 is 17.2 Å². The number of aromatic amines is 1. The first-order chi connectivity index (χ1) is 12.8. The summed E-state index contributed by atoms with van der Waals surface area (Å²) in [5.41, 5.74) is 3.34. The number of nitrogens with one attached hydrogen (secondary N) is 1. The van der Waals surface area contributed by atoms with Crippen LogP contribution in [0.1, 0.15) is 17.4 Å². The topological polar surface area (TPSA) is 65.1 Å². The molecule has 1 fully saturated rings. The van der Waals surface area contributed by atoms with E-state index in [2.05, 4.69) is 27.0 Å². The van der Waals surface area contributed by atoms with Crippen LogP contribution in [-0.2, 0) is 0 Å². The van der Waals surface area contributed by atoms with Gasteiger partial charge in [0, 0.05) is 43.3 Å². The molecule has 2 aromatic heterocycles. The highest BCUT2D eigenvalue weighted by Gasteiger charge is 2.24. The highest BCUT2D eigenvalue weighted by molar-refractivity contribution is 7.13. The van der Waals surface area contributed by atoms with Crippen molar-refractivity contribution in [2.45, 2.75) is 6.92 Å². The average molecular weight is 367 g/mol. The van der Waals surface area contributed by atoms with Crippen LogP contribution in [0.5, 0.6) is 0 Å². The molecule has 0 atom stereocenters. The van der Waals surface area contributed by atoms with Gasteiger partial charge in [0.05, 0.1) is 5.56 Å². The third kappa shape index (κ3) is 3.27.